The molecular weight excluding hydrogens is 440 g/mol. The number of nitrogens with one attached hydrogen (secondary N) is 2. The quantitative estimate of drug-likeness (QED) is 0.407. The molecule has 8 heteroatoms. The van der Waals surface area contributed by atoms with Crippen LogP contribution in [0.25, 0.3) is 11.1 Å². The third-order valence-corrected chi connectivity index (χ3v) is 6.55. The van der Waals surface area contributed by atoms with Gasteiger partial charge in [-0.05, 0) is 34.6 Å². The number of aliphatic carboxylic acids is 1. The van der Waals surface area contributed by atoms with Gasteiger partial charge in [0.05, 0.1) is 5.75 Å². The Kier molecular flexibility index (Phi) is 9.18. The van der Waals surface area contributed by atoms with E-state index in [0.29, 0.717) is 25.3 Å². The molecule has 0 aromatic heterocycles. The van der Waals surface area contributed by atoms with Crippen LogP contribution in [0.5, 0.6) is 0 Å². The number of rotatable bonds is 12. The van der Waals surface area contributed by atoms with E-state index in [2.05, 4.69) is 34.9 Å². The van der Waals surface area contributed by atoms with Gasteiger partial charge in [-0.2, -0.15) is 11.8 Å². The summed E-state index contributed by atoms with van der Waals surface area (Å²) in [6.07, 6.45) is 0.175. The lowest BCUT2D eigenvalue weighted by Gasteiger charge is -2.14. The third-order valence-electron chi connectivity index (χ3n) is 5.59. The van der Waals surface area contributed by atoms with Crippen molar-refractivity contribution in [3.05, 3.63) is 59.7 Å². The Morgan fingerprint density at radius 1 is 1.03 bits per heavy atom. The number of hydrogen-bond acceptors (Lipinski definition) is 5. The minimum Gasteiger partial charge on any atom is -0.481 e. The van der Waals surface area contributed by atoms with Crippen molar-refractivity contribution in [2.75, 3.05) is 31.2 Å². The lowest BCUT2D eigenvalue weighted by molar-refractivity contribution is -0.137. The molecule has 0 fully saturated rings. The molecule has 0 saturated carbocycles. The van der Waals surface area contributed by atoms with Gasteiger partial charge in [0.2, 0.25) is 5.91 Å². The van der Waals surface area contributed by atoms with Crippen molar-refractivity contribution in [2.24, 2.45) is 5.92 Å². The van der Waals surface area contributed by atoms with Crippen LogP contribution in [-0.2, 0) is 14.3 Å². The second-order valence-electron chi connectivity index (χ2n) is 8.15. The molecule has 1 aliphatic rings. The fraction of sp³-hybridized carbons (Fsp3) is 0.400. The third kappa shape index (κ3) is 7.25. The molecule has 2 aromatic rings. The van der Waals surface area contributed by atoms with Crippen molar-refractivity contribution >= 4 is 29.7 Å². The Bertz CT molecular complexity index is 935. The molecule has 2 aromatic carbocycles. The maximum atomic E-state index is 12.1. The topological polar surface area (TPSA) is 105 Å². The van der Waals surface area contributed by atoms with Crippen LogP contribution in [0.1, 0.15) is 36.8 Å². The standard InChI is InChI=1S/C25H30N2O5S/c1-17(10-11-24(29)30)14-27-23(28)16-33-13-12-26-25(31)32-15-22-20-8-4-2-6-18(20)19-7-3-5-9-21(19)22/h2-9,17,22H,10-16H2,1H3,(H,26,31)(H,27,28)(H,29,30). The molecule has 7 nitrogen and oxygen atoms in total. The first-order valence-electron chi connectivity index (χ1n) is 11.1. The lowest BCUT2D eigenvalue weighted by atomic mass is 9.98. The Morgan fingerprint density at radius 2 is 1.67 bits per heavy atom. The number of ether oxygens (including phenoxy) is 1. The maximum absolute atomic E-state index is 12.1. The molecule has 0 spiro atoms. The zero-order valence-corrected chi connectivity index (χ0v) is 19.5. The lowest BCUT2D eigenvalue weighted by Crippen LogP contribution is -2.31. The number of thioether (sulfide) groups is 1. The van der Waals surface area contributed by atoms with Gasteiger partial charge in [0.1, 0.15) is 6.61 Å². The molecule has 33 heavy (non-hydrogen) atoms. The summed E-state index contributed by atoms with van der Waals surface area (Å²) >= 11 is 1.42. The fourth-order valence-electron chi connectivity index (χ4n) is 3.85. The molecule has 1 aliphatic carbocycles. The molecule has 0 bridgehead atoms. The molecule has 0 radical (unpaired) electrons. The van der Waals surface area contributed by atoms with Crippen molar-refractivity contribution in [1.29, 1.82) is 0 Å². The van der Waals surface area contributed by atoms with E-state index in [0.717, 1.165) is 0 Å². The average Bonchev–Trinajstić information content (AvgIpc) is 3.13. The minimum absolute atomic E-state index is 0.0270. The Labute approximate surface area is 198 Å². The first kappa shape index (κ1) is 24.6. The Hall–Kier alpha value is -3.00. The second kappa shape index (κ2) is 12.3. The molecule has 3 N–H and O–H groups in total. The van der Waals surface area contributed by atoms with Crippen LogP contribution in [0.15, 0.2) is 48.5 Å². The van der Waals surface area contributed by atoms with Gasteiger partial charge in [0.15, 0.2) is 0 Å². The van der Waals surface area contributed by atoms with E-state index < -0.39 is 12.1 Å². The number of benzene rings is 2. The number of alkyl carbamates (subject to hydrolysis) is 1. The SMILES string of the molecule is CC(CCC(=O)O)CNC(=O)CSCCNC(=O)OCC1c2ccccc2-c2ccccc21. The summed E-state index contributed by atoms with van der Waals surface area (Å²) in [4.78, 5) is 34.6. The Morgan fingerprint density at radius 3 is 2.30 bits per heavy atom. The summed E-state index contributed by atoms with van der Waals surface area (Å²) in [5.41, 5.74) is 4.72. The van der Waals surface area contributed by atoms with E-state index in [1.54, 1.807) is 0 Å². The smallest absolute Gasteiger partial charge is 0.407 e. The zero-order chi connectivity index (χ0) is 23.6. The average molecular weight is 471 g/mol. The van der Waals surface area contributed by atoms with Crippen molar-refractivity contribution in [3.8, 4) is 11.1 Å². The van der Waals surface area contributed by atoms with Gasteiger partial charge in [-0.15, -0.1) is 0 Å². The summed E-state index contributed by atoms with van der Waals surface area (Å²) in [6, 6.07) is 16.4. The number of carbonyl (C=O) groups is 3. The van der Waals surface area contributed by atoms with Crippen LogP contribution in [-0.4, -0.2) is 54.3 Å². The number of carboxylic acids is 1. The summed E-state index contributed by atoms with van der Waals surface area (Å²) in [7, 11) is 0. The Balaban J connectivity index is 1.31. The number of carboxylic acid groups (broad SMARTS) is 1. The van der Waals surface area contributed by atoms with Crippen LogP contribution >= 0.6 is 11.8 Å². The molecule has 3 rings (SSSR count). The van der Waals surface area contributed by atoms with Gasteiger partial charge in [-0.25, -0.2) is 4.79 Å². The van der Waals surface area contributed by atoms with E-state index in [4.69, 9.17) is 9.84 Å². The zero-order valence-electron chi connectivity index (χ0n) is 18.7. The van der Waals surface area contributed by atoms with Crippen LogP contribution in [0.3, 0.4) is 0 Å². The summed E-state index contributed by atoms with van der Waals surface area (Å²) in [5.74, 6) is 0.102. The number of fused-ring (bicyclic) bond motifs is 3. The highest BCUT2D eigenvalue weighted by Gasteiger charge is 2.28. The monoisotopic (exact) mass is 470 g/mol. The molecule has 176 valence electrons. The first-order chi connectivity index (χ1) is 16.0. The first-order valence-corrected chi connectivity index (χ1v) is 12.3. The van der Waals surface area contributed by atoms with Crippen LogP contribution in [0.2, 0.25) is 0 Å². The van der Waals surface area contributed by atoms with Gasteiger partial charge in [-0.1, -0.05) is 55.5 Å². The molecule has 0 aliphatic heterocycles. The van der Waals surface area contributed by atoms with Gasteiger partial charge in [-0.3, -0.25) is 9.59 Å². The highest BCUT2D eigenvalue weighted by molar-refractivity contribution is 7.99. The summed E-state index contributed by atoms with van der Waals surface area (Å²) < 4.78 is 5.49. The fourth-order valence-corrected chi connectivity index (χ4v) is 4.53. The van der Waals surface area contributed by atoms with Gasteiger partial charge in [0, 0.05) is 31.2 Å². The van der Waals surface area contributed by atoms with E-state index in [-0.39, 0.29) is 36.5 Å². The van der Waals surface area contributed by atoms with Gasteiger partial charge >= 0.3 is 12.1 Å². The summed E-state index contributed by atoms with van der Waals surface area (Å²) in [6.45, 7) is 3.05. The minimum atomic E-state index is -0.826. The van der Waals surface area contributed by atoms with E-state index in [1.165, 1.54) is 34.0 Å². The molecule has 2 amide bonds. The summed E-state index contributed by atoms with van der Waals surface area (Å²) in [5, 5.41) is 14.2. The van der Waals surface area contributed by atoms with Crippen LogP contribution < -0.4 is 10.6 Å². The highest BCUT2D eigenvalue weighted by Crippen LogP contribution is 2.44. The van der Waals surface area contributed by atoms with E-state index in [9.17, 15) is 14.4 Å². The number of carbonyl (C=O) groups excluding carboxylic acids is 2. The molecule has 1 atom stereocenters. The van der Waals surface area contributed by atoms with Crippen molar-refractivity contribution in [3.63, 3.8) is 0 Å². The normalized spacial score (nSPS) is 13.0. The predicted octanol–water partition coefficient (Wildman–Crippen LogP) is 3.88. The maximum Gasteiger partial charge on any atom is 0.407 e. The van der Waals surface area contributed by atoms with Gasteiger partial charge < -0.3 is 20.5 Å². The number of hydrogen-bond donors (Lipinski definition) is 3. The molecule has 0 saturated heterocycles. The predicted molar refractivity (Wildman–Crippen MR) is 129 cm³/mol. The van der Waals surface area contributed by atoms with Gasteiger partial charge in [0.25, 0.3) is 0 Å². The van der Waals surface area contributed by atoms with E-state index >= 15 is 0 Å². The molecule has 1 unspecified atom stereocenters. The van der Waals surface area contributed by atoms with Crippen molar-refractivity contribution < 1.29 is 24.2 Å². The molecule has 0 heterocycles. The largest absolute Gasteiger partial charge is 0.481 e. The number of amides is 2. The molecular formula is C25H30N2O5S. The van der Waals surface area contributed by atoms with Crippen molar-refractivity contribution in [2.45, 2.75) is 25.7 Å². The highest BCUT2D eigenvalue weighted by atomic mass is 32.2. The second-order valence-corrected chi connectivity index (χ2v) is 9.25. The van der Waals surface area contributed by atoms with E-state index in [1.807, 2.05) is 31.2 Å². The van der Waals surface area contributed by atoms with Crippen LogP contribution in [0, 0.1) is 5.92 Å². The van der Waals surface area contributed by atoms with Crippen LogP contribution in [0.4, 0.5) is 4.79 Å². The van der Waals surface area contributed by atoms with Crippen molar-refractivity contribution in [1.82, 2.24) is 10.6 Å².